The van der Waals surface area contributed by atoms with Gasteiger partial charge in [0.25, 0.3) is 0 Å². The highest BCUT2D eigenvalue weighted by atomic mass is 16.5. The molecule has 4 nitrogen and oxygen atoms in total. The molecule has 4 heteroatoms. The Bertz CT molecular complexity index is 525. The van der Waals surface area contributed by atoms with Gasteiger partial charge in [0.1, 0.15) is 11.5 Å². The summed E-state index contributed by atoms with van der Waals surface area (Å²) in [6.07, 6.45) is 2.23. The van der Waals surface area contributed by atoms with Crippen molar-refractivity contribution >= 4 is 5.97 Å². The van der Waals surface area contributed by atoms with Crippen LogP contribution in [-0.4, -0.2) is 20.2 Å². The highest BCUT2D eigenvalue weighted by molar-refractivity contribution is 5.67. The van der Waals surface area contributed by atoms with Crippen LogP contribution in [0.4, 0.5) is 0 Å². The Hall–Kier alpha value is -2.15. The summed E-state index contributed by atoms with van der Waals surface area (Å²) in [5.74, 6) is 6.96. The summed E-state index contributed by atoms with van der Waals surface area (Å²) in [7, 11) is 3.15. The van der Waals surface area contributed by atoms with Gasteiger partial charge in [0.15, 0.2) is 6.10 Å². The van der Waals surface area contributed by atoms with E-state index in [0.717, 1.165) is 19.3 Å². The molecule has 0 bridgehead atoms. The zero-order valence-electron chi connectivity index (χ0n) is 13.1. The van der Waals surface area contributed by atoms with Crippen LogP contribution >= 0.6 is 0 Å². The van der Waals surface area contributed by atoms with Gasteiger partial charge < -0.3 is 14.2 Å². The lowest BCUT2D eigenvalue weighted by Gasteiger charge is -2.16. The lowest BCUT2D eigenvalue weighted by atomic mass is 10.1. The molecule has 1 atom stereocenters. The van der Waals surface area contributed by atoms with Gasteiger partial charge in [-0.1, -0.05) is 25.2 Å². The van der Waals surface area contributed by atoms with E-state index in [1.54, 1.807) is 32.4 Å². The molecule has 0 N–H and O–H groups in total. The van der Waals surface area contributed by atoms with Crippen LogP contribution in [0.25, 0.3) is 0 Å². The summed E-state index contributed by atoms with van der Waals surface area (Å²) in [4.78, 5) is 11.3. The number of benzene rings is 1. The van der Waals surface area contributed by atoms with Crippen LogP contribution in [0, 0.1) is 11.8 Å². The van der Waals surface area contributed by atoms with E-state index in [9.17, 15) is 4.79 Å². The Morgan fingerprint density at radius 2 is 2.05 bits per heavy atom. The lowest BCUT2D eigenvalue weighted by molar-refractivity contribution is -0.144. The van der Waals surface area contributed by atoms with Crippen LogP contribution in [0.3, 0.4) is 0 Å². The first-order chi connectivity index (χ1) is 10.1. The van der Waals surface area contributed by atoms with Crippen LogP contribution in [0.5, 0.6) is 11.5 Å². The van der Waals surface area contributed by atoms with Crippen molar-refractivity contribution in [3.05, 3.63) is 23.8 Å². The fraction of sp³-hybridized carbons (Fsp3) is 0.471. The van der Waals surface area contributed by atoms with Crippen LogP contribution in [-0.2, 0) is 9.53 Å². The van der Waals surface area contributed by atoms with E-state index >= 15 is 0 Å². The summed E-state index contributed by atoms with van der Waals surface area (Å²) in [6, 6.07) is 5.34. The number of hydrogen-bond donors (Lipinski definition) is 0. The molecule has 0 amide bonds. The summed E-state index contributed by atoms with van der Waals surface area (Å²) in [5, 5.41) is 0. The molecule has 0 saturated carbocycles. The number of ether oxygens (including phenoxy) is 3. The largest absolute Gasteiger partial charge is 0.497 e. The molecule has 0 aliphatic rings. The number of esters is 1. The minimum atomic E-state index is -0.649. The van der Waals surface area contributed by atoms with Crippen molar-refractivity contribution in [2.75, 3.05) is 14.2 Å². The summed E-state index contributed by atoms with van der Waals surface area (Å²) in [5.41, 5.74) is 0.691. The average Bonchev–Trinajstić information content (AvgIpc) is 2.49. The van der Waals surface area contributed by atoms with Crippen molar-refractivity contribution in [1.29, 1.82) is 0 Å². The van der Waals surface area contributed by atoms with Gasteiger partial charge in [-0.15, -0.1) is 0 Å². The third kappa shape index (κ3) is 5.39. The molecule has 1 aromatic carbocycles. The topological polar surface area (TPSA) is 44.8 Å². The molecule has 1 unspecified atom stereocenters. The molecule has 0 aliphatic carbocycles. The molecule has 21 heavy (non-hydrogen) atoms. The third-order valence-electron chi connectivity index (χ3n) is 2.89. The van der Waals surface area contributed by atoms with Gasteiger partial charge in [-0.3, -0.25) is 4.79 Å². The maximum Gasteiger partial charge on any atom is 0.304 e. The van der Waals surface area contributed by atoms with E-state index in [1.807, 2.05) is 0 Å². The molecule has 0 aromatic heterocycles. The molecule has 0 heterocycles. The average molecular weight is 290 g/mol. The standard InChI is InChI=1S/C17H22O4/c1-5-6-7-8-9-17(21-13(2)18)15-12-14(19-3)10-11-16(15)20-4/h10-12,17H,5-7H2,1-4H3. The molecule has 0 radical (unpaired) electrons. The Labute approximate surface area is 126 Å². The first-order valence-electron chi connectivity index (χ1n) is 6.99. The monoisotopic (exact) mass is 290 g/mol. The van der Waals surface area contributed by atoms with Crippen LogP contribution in [0.15, 0.2) is 18.2 Å². The van der Waals surface area contributed by atoms with E-state index in [0.29, 0.717) is 17.1 Å². The molecule has 114 valence electrons. The maximum absolute atomic E-state index is 11.3. The number of methoxy groups -OCH3 is 2. The fourth-order valence-electron chi connectivity index (χ4n) is 1.81. The molecule has 1 rings (SSSR count). The number of carbonyl (C=O) groups is 1. The Morgan fingerprint density at radius 3 is 2.62 bits per heavy atom. The zero-order valence-corrected chi connectivity index (χ0v) is 13.1. The van der Waals surface area contributed by atoms with Gasteiger partial charge in [0, 0.05) is 13.3 Å². The van der Waals surface area contributed by atoms with Gasteiger partial charge in [0.2, 0.25) is 0 Å². The van der Waals surface area contributed by atoms with Crippen LogP contribution in [0.1, 0.15) is 44.8 Å². The van der Waals surface area contributed by atoms with Gasteiger partial charge in [0.05, 0.1) is 19.8 Å². The van der Waals surface area contributed by atoms with Crippen LogP contribution < -0.4 is 9.47 Å². The molecule has 0 spiro atoms. The van der Waals surface area contributed by atoms with Crippen molar-refractivity contribution in [2.24, 2.45) is 0 Å². The highest BCUT2D eigenvalue weighted by Crippen LogP contribution is 2.31. The quantitative estimate of drug-likeness (QED) is 0.457. The summed E-state index contributed by atoms with van der Waals surface area (Å²) >= 11 is 0. The number of hydrogen-bond acceptors (Lipinski definition) is 4. The molecule has 0 aliphatic heterocycles. The lowest BCUT2D eigenvalue weighted by Crippen LogP contribution is -2.08. The van der Waals surface area contributed by atoms with Crippen molar-refractivity contribution in [2.45, 2.75) is 39.2 Å². The second-order valence-corrected chi connectivity index (χ2v) is 4.52. The fourth-order valence-corrected chi connectivity index (χ4v) is 1.81. The predicted molar refractivity (Wildman–Crippen MR) is 81.4 cm³/mol. The number of rotatable bonds is 6. The summed E-state index contributed by atoms with van der Waals surface area (Å²) in [6.45, 7) is 3.48. The first kappa shape index (κ1) is 16.9. The van der Waals surface area contributed by atoms with Gasteiger partial charge in [-0.05, 0) is 24.6 Å². The predicted octanol–water partition coefficient (Wildman–Crippen LogP) is 3.50. The smallest absolute Gasteiger partial charge is 0.304 e. The highest BCUT2D eigenvalue weighted by Gasteiger charge is 2.18. The zero-order chi connectivity index (χ0) is 15.7. The molecule has 0 saturated heterocycles. The van der Waals surface area contributed by atoms with Crippen molar-refractivity contribution in [1.82, 2.24) is 0 Å². The normalized spacial score (nSPS) is 11.0. The summed E-state index contributed by atoms with van der Waals surface area (Å²) < 4.78 is 15.8. The van der Waals surface area contributed by atoms with Gasteiger partial charge >= 0.3 is 5.97 Å². The van der Waals surface area contributed by atoms with E-state index in [-0.39, 0.29) is 5.97 Å². The van der Waals surface area contributed by atoms with E-state index in [1.165, 1.54) is 6.92 Å². The molecule has 0 fully saturated rings. The number of unbranched alkanes of at least 4 members (excludes halogenated alkanes) is 2. The van der Waals surface area contributed by atoms with Crippen molar-refractivity contribution < 1.29 is 19.0 Å². The Kier molecular flexibility index (Phi) is 7.17. The Morgan fingerprint density at radius 1 is 1.29 bits per heavy atom. The molecular formula is C17H22O4. The van der Waals surface area contributed by atoms with Crippen molar-refractivity contribution in [3.8, 4) is 23.3 Å². The van der Waals surface area contributed by atoms with E-state index in [2.05, 4.69) is 18.8 Å². The molecule has 1 aromatic rings. The van der Waals surface area contributed by atoms with Gasteiger partial charge in [-0.25, -0.2) is 0 Å². The first-order valence-corrected chi connectivity index (χ1v) is 6.99. The van der Waals surface area contributed by atoms with Gasteiger partial charge in [-0.2, -0.15) is 0 Å². The second-order valence-electron chi connectivity index (χ2n) is 4.52. The Balaban J connectivity index is 3.10. The van der Waals surface area contributed by atoms with Crippen LogP contribution in [0.2, 0.25) is 0 Å². The SMILES string of the molecule is CCCCC#CC(OC(C)=O)c1cc(OC)ccc1OC. The van der Waals surface area contributed by atoms with E-state index < -0.39 is 6.10 Å². The minimum Gasteiger partial charge on any atom is -0.497 e. The van der Waals surface area contributed by atoms with Crippen molar-refractivity contribution in [3.63, 3.8) is 0 Å². The van der Waals surface area contributed by atoms with E-state index in [4.69, 9.17) is 14.2 Å². The molecular weight excluding hydrogens is 268 g/mol. The second kappa shape index (κ2) is 8.91. The maximum atomic E-state index is 11.3. The third-order valence-corrected chi connectivity index (χ3v) is 2.89. The number of carbonyl (C=O) groups excluding carboxylic acids is 1. The minimum absolute atomic E-state index is 0.380.